The molecule has 0 amide bonds. The SMILES string of the molecule is NCCCNc1nc(Nc2cncnc2)ncc1C1CC1. The Labute approximate surface area is 123 Å². The van der Waals surface area contributed by atoms with E-state index in [1.165, 1.54) is 24.7 Å². The van der Waals surface area contributed by atoms with E-state index in [4.69, 9.17) is 5.73 Å². The first-order valence-electron chi connectivity index (χ1n) is 7.19. The molecule has 1 fully saturated rings. The Hall–Kier alpha value is -2.28. The van der Waals surface area contributed by atoms with E-state index in [1.54, 1.807) is 12.4 Å². The molecule has 0 aromatic carbocycles. The molecule has 2 heterocycles. The van der Waals surface area contributed by atoms with Crippen LogP contribution < -0.4 is 16.4 Å². The van der Waals surface area contributed by atoms with E-state index in [9.17, 15) is 0 Å². The van der Waals surface area contributed by atoms with Crippen LogP contribution in [0.25, 0.3) is 0 Å². The Bertz CT molecular complexity index is 583. The van der Waals surface area contributed by atoms with Crippen molar-refractivity contribution in [3.8, 4) is 0 Å². The number of nitrogens with one attached hydrogen (secondary N) is 2. The van der Waals surface area contributed by atoms with Crippen LogP contribution in [0.1, 0.15) is 30.7 Å². The zero-order valence-electron chi connectivity index (χ0n) is 11.8. The first-order valence-corrected chi connectivity index (χ1v) is 7.19. The molecule has 110 valence electrons. The summed E-state index contributed by atoms with van der Waals surface area (Å²) in [5, 5.41) is 6.47. The van der Waals surface area contributed by atoms with E-state index in [0.29, 0.717) is 18.4 Å². The maximum Gasteiger partial charge on any atom is 0.229 e. The highest BCUT2D eigenvalue weighted by Crippen LogP contribution is 2.42. The van der Waals surface area contributed by atoms with Crippen LogP contribution in [0.5, 0.6) is 0 Å². The zero-order valence-corrected chi connectivity index (χ0v) is 11.8. The van der Waals surface area contributed by atoms with Gasteiger partial charge in [-0.05, 0) is 31.7 Å². The summed E-state index contributed by atoms with van der Waals surface area (Å²) < 4.78 is 0. The van der Waals surface area contributed by atoms with Crippen LogP contribution in [0.3, 0.4) is 0 Å². The highest BCUT2D eigenvalue weighted by Gasteiger charge is 2.27. The van der Waals surface area contributed by atoms with E-state index >= 15 is 0 Å². The van der Waals surface area contributed by atoms with Gasteiger partial charge in [0.15, 0.2) is 0 Å². The summed E-state index contributed by atoms with van der Waals surface area (Å²) in [6.07, 6.45) is 10.1. The third kappa shape index (κ3) is 3.63. The lowest BCUT2D eigenvalue weighted by Gasteiger charge is -2.12. The minimum absolute atomic E-state index is 0.546. The van der Waals surface area contributed by atoms with Crippen molar-refractivity contribution in [2.24, 2.45) is 5.73 Å². The Morgan fingerprint density at radius 1 is 1.19 bits per heavy atom. The fourth-order valence-electron chi connectivity index (χ4n) is 2.09. The maximum absolute atomic E-state index is 5.54. The average Bonchev–Trinajstić information content (AvgIpc) is 3.34. The van der Waals surface area contributed by atoms with Crippen LogP contribution in [0.4, 0.5) is 17.5 Å². The lowest BCUT2D eigenvalue weighted by Crippen LogP contribution is -2.12. The van der Waals surface area contributed by atoms with Crippen molar-refractivity contribution in [3.63, 3.8) is 0 Å². The van der Waals surface area contributed by atoms with Crippen LogP contribution in [-0.2, 0) is 0 Å². The summed E-state index contributed by atoms with van der Waals surface area (Å²) >= 11 is 0. The van der Waals surface area contributed by atoms with Gasteiger partial charge in [-0.15, -0.1) is 0 Å². The predicted octanol–water partition coefficient (Wildman–Crippen LogP) is 1.65. The van der Waals surface area contributed by atoms with Crippen molar-refractivity contribution in [1.29, 1.82) is 0 Å². The molecule has 7 nitrogen and oxygen atoms in total. The molecule has 0 spiro atoms. The summed E-state index contributed by atoms with van der Waals surface area (Å²) in [7, 11) is 0. The highest BCUT2D eigenvalue weighted by molar-refractivity contribution is 5.55. The number of anilines is 3. The molecule has 1 saturated carbocycles. The Morgan fingerprint density at radius 2 is 2.00 bits per heavy atom. The number of nitrogens with two attached hydrogens (primary N) is 1. The summed E-state index contributed by atoms with van der Waals surface area (Å²) in [5.41, 5.74) is 7.50. The molecule has 0 bridgehead atoms. The molecule has 0 radical (unpaired) electrons. The predicted molar refractivity (Wildman–Crippen MR) is 81.5 cm³/mol. The molecular formula is C14H19N7. The van der Waals surface area contributed by atoms with Crippen molar-refractivity contribution in [2.45, 2.75) is 25.2 Å². The van der Waals surface area contributed by atoms with Gasteiger partial charge >= 0.3 is 0 Å². The van der Waals surface area contributed by atoms with Crippen LogP contribution >= 0.6 is 0 Å². The molecule has 1 aliphatic carbocycles. The van der Waals surface area contributed by atoms with Crippen LogP contribution in [-0.4, -0.2) is 33.0 Å². The molecule has 0 unspecified atom stereocenters. The standard InChI is InChI=1S/C14H19N7/c15-4-1-5-18-13-12(10-2-3-10)8-19-14(21-13)20-11-6-16-9-17-7-11/h6-10H,1-5,15H2,(H2,18,19,20,21). The second kappa shape index (κ2) is 6.45. The number of hydrogen-bond acceptors (Lipinski definition) is 7. The second-order valence-electron chi connectivity index (χ2n) is 5.09. The molecule has 7 heteroatoms. The minimum atomic E-state index is 0.546. The van der Waals surface area contributed by atoms with Crippen molar-refractivity contribution in [3.05, 3.63) is 30.5 Å². The van der Waals surface area contributed by atoms with Gasteiger partial charge in [0.05, 0.1) is 18.1 Å². The first kappa shape index (κ1) is 13.7. The summed E-state index contributed by atoms with van der Waals surface area (Å²) in [5.74, 6) is 2.05. The molecule has 0 saturated heterocycles. The Balaban J connectivity index is 1.76. The molecule has 0 atom stereocenters. The van der Waals surface area contributed by atoms with Crippen LogP contribution in [0.15, 0.2) is 24.9 Å². The van der Waals surface area contributed by atoms with E-state index in [-0.39, 0.29) is 0 Å². The van der Waals surface area contributed by atoms with Crippen molar-refractivity contribution < 1.29 is 0 Å². The van der Waals surface area contributed by atoms with E-state index < -0.39 is 0 Å². The van der Waals surface area contributed by atoms with Gasteiger partial charge in [0.2, 0.25) is 5.95 Å². The van der Waals surface area contributed by atoms with Crippen LogP contribution in [0, 0.1) is 0 Å². The number of rotatable bonds is 7. The lowest BCUT2D eigenvalue weighted by molar-refractivity contribution is 0.865. The summed E-state index contributed by atoms with van der Waals surface area (Å²) in [6, 6.07) is 0. The first-order chi connectivity index (χ1) is 10.4. The third-order valence-corrected chi connectivity index (χ3v) is 3.32. The van der Waals surface area contributed by atoms with E-state index in [0.717, 1.165) is 24.5 Å². The average molecular weight is 285 g/mol. The molecule has 2 aromatic rings. The summed E-state index contributed by atoms with van der Waals surface area (Å²) in [6.45, 7) is 1.49. The second-order valence-corrected chi connectivity index (χ2v) is 5.09. The monoisotopic (exact) mass is 285 g/mol. The van der Waals surface area contributed by atoms with Crippen molar-refractivity contribution in [1.82, 2.24) is 19.9 Å². The molecule has 0 aliphatic heterocycles. The van der Waals surface area contributed by atoms with Gasteiger partial charge in [-0.1, -0.05) is 0 Å². The number of hydrogen-bond donors (Lipinski definition) is 3. The quantitative estimate of drug-likeness (QED) is 0.665. The summed E-state index contributed by atoms with van der Waals surface area (Å²) in [4.78, 5) is 16.9. The number of nitrogens with zero attached hydrogens (tertiary/aromatic N) is 4. The minimum Gasteiger partial charge on any atom is -0.370 e. The van der Waals surface area contributed by atoms with Gasteiger partial charge in [0.25, 0.3) is 0 Å². The van der Waals surface area contributed by atoms with Gasteiger partial charge in [0.1, 0.15) is 12.1 Å². The van der Waals surface area contributed by atoms with Crippen molar-refractivity contribution >= 4 is 17.5 Å². The zero-order chi connectivity index (χ0) is 14.5. The van der Waals surface area contributed by atoms with Crippen molar-refractivity contribution in [2.75, 3.05) is 23.7 Å². The smallest absolute Gasteiger partial charge is 0.229 e. The molecule has 21 heavy (non-hydrogen) atoms. The van der Waals surface area contributed by atoms with E-state index in [1.807, 2.05) is 6.20 Å². The maximum atomic E-state index is 5.54. The van der Waals surface area contributed by atoms with Gasteiger partial charge in [0, 0.05) is 18.3 Å². The molecular weight excluding hydrogens is 266 g/mol. The van der Waals surface area contributed by atoms with Gasteiger partial charge < -0.3 is 16.4 Å². The fourth-order valence-corrected chi connectivity index (χ4v) is 2.09. The molecule has 2 aromatic heterocycles. The van der Waals surface area contributed by atoms with Crippen LogP contribution in [0.2, 0.25) is 0 Å². The molecule has 1 aliphatic rings. The topological polar surface area (TPSA) is 102 Å². The van der Waals surface area contributed by atoms with Gasteiger partial charge in [-0.25, -0.2) is 15.0 Å². The van der Waals surface area contributed by atoms with Gasteiger partial charge in [-0.3, -0.25) is 0 Å². The molecule has 3 rings (SSSR count). The Kier molecular flexibility index (Phi) is 4.20. The lowest BCUT2D eigenvalue weighted by atomic mass is 10.2. The third-order valence-electron chi connectivity index (χ3n) is 3.32. The molecule has 4 N–H and O–H groups in total. The largest absolute Gasteiger partial charge is 0.370 e. The fraction of sp³-hybridized carbons (Fsp3) is 0.429. The van der Waals surface area contributed by atoms with Gasteiger partial charge in [-0.2, -0.15) is 4.98 Å². The highest BCUT2D eigenvalue weighted by atomic mass is 15.1. The number of aromatic nitrogens is 4. The normalized spacial score (nSPS) is 14.0. The van der Waals surface area contributed by atoms with E-state index in [2.05, 4.69) is 30.6 Å². The Morgan fingerprint density at radius 3 is 2.71 bits per heavy atom.